The number of hydrogen-bond acceptors (Lipinski definition) is 6. The highest BCUT2D eigenvalue weighted by Crippen LogP contribution is 2.32. The van der Waals surface area contributed by atoms with Gasteiger partial charge < -0.3 is 19.9 Å². The maximum Gasteiger partial charge on any atom is 0.243 e. The number of carbonyl (C=O) groups excluding carboxylic acids is 1. The summed E-state index contributed by atoms with van der Waals surface area (Å²) in [6.45, 7) is 1.91. The summed E-state index contributed by atoms with van der Waals surface area (Å²) in [5, 5.41) is 13.3. The molecule has 9 heteroatoms. The largest absolute Gasteiger partial charge is 0.389 e. The van der Waals surface area contributed by atoms with E-state index in [2.05, 4.69) is 5.32 Å². The molecule has 0 saturated carbocycles. The zero-order valence-electron chi connectivity index (χ0n) is 21.9. The number of hydrogen-bond donors (Lipinski definition) is 2. The van der Waals surface area contributed by atoms with Crippen molar-refractivity contribution in [1.29, 1.82) is 0 Å². The van der Waals surface area contributed by atoms with Gasteiger partial charge in [0.2, 0.25) is 15.9 Å². The smallest absolute Gasteiger partial charge is 0.243 e. The third kappa shape index (κ3) is 6.57. The monoisotopic (exact) mass is 550 g/mol. The Balaban J connectivity index is 1.24. The molecule has 5 rings (SSSR count). The van der Waals surface area contributed by atoms with Crippen LogP contribution in [-0.4, -0.2) is 67.8 Å². The fraction of sp³-hybridized carbons (Fsp3) is 0.367. The number of carbonyl (C=O) groups is 1. The summed E-state index contributed by atoms with van der Waals surface area (Å²) in [6, 6.07) is 24.0. The molecule has 3 aromatic carbocycles. The van der Waals surface area contributed by atoms with Crippen molar-refractivity contribution in [3.8, 4) is 11.1 Å². The van der Waals surface area contributed by atoms with Crippen molar-refractivity contribution in [1.82, 2.24) is 4.31 Å². The van der Waals surface area contributed by atoms with Crippen LogP contribution in [0, 0.1) is 6.92 Å². The fourth-order valence-corrected chi connectivity index (χ4v) is 7.10. The van der Waals surface area contributed by atoms with Crippen molar-refractivity contribution < 1.29 is 27.8 Å². The Morgan fingerprint density at radius 3 is 2.46 bits per heavy atom. The number of aliphatic hydroxyl groups is 1. The van der Waals surface area contributed by atoms with E-state index in [-0.39, 0.29) is 43.1 Å². The van der Waals surface area contributed by atoms with Crippen LogP contribution in [-0.2, 0) is 24.3 Å². The van der Waals surface area contributed by atoms with E-state index in [1.807, 2.05) is 67.6 Å². The van der Waals surface area contributed by atoms with Crippen LogP contribution in [0.3, 0.4) is 0 Å². The van der Waals surface area contributed by atoms with Gasteiger partial charge in [-0.2, -0.15) is 4.31 Å². The molecular weight excluding hydrogens is 516 g/mol. The molecule has 0 aliphatic carbocycles. The molecule has 8 nitrogen and oxygen atoms in total. The first-order valence-corrected chi connectivity index (χ1v) is 14.7. The van der Waals surface area contributed by atoms with Crippen LogP contribution in [0.1, 0.15) is 24.8 Å². The van der Waals surface area contributed by atoms with Crippen LogP contribution in [0.2, 0.25) is 0 Å². The molecule has 2 fully saturated rings. The number of sulfonamides is 1. The van der Waals surface area contributed by atoms with Crippen molar-refractivity contribution in [2.24, 2.45) is 0 Å². The molecule has 0 radical (unpaired) electrons. The molecule has 2 aliphatic heterocycles. The van der Waals surface area contributed by atoms with Gasteiger partial charge in [-0.1, -0.05) is 54.6 Å². The lowest BCUT2D eigenvalue weighted by Gasteiger charge is -2.43. The number of aliphatic hydroxyl groups excluding tert-OH is 1. The van der Waals surface area contributed by atoms with Crippen LogP contribution in [0.5, 0.6) is 0 Å². The van der Waals surface area contributed by atoms with Crippen LogP contribution in [0.15, 0.2) is 83.8 Å². The van der Waals surface area contributed by atoms with Gasteiger partial charge >= 0.3 is 0 Å². The minimum absolute atomic E-state index is 0.0105. The number of fused-ring (bicyclic) bond motifs is 1. The number of amides is 1. The Kier molecular flexibility index (Phi) is 8.44. The molecule has 0 bridgehead atoms. The summed E-state index contributed by atoms with van der Waals surface area (Å²) >= 11 is 0. The summed E-state index contributed by atoms with van der Waals surface area (Å²) in [7, 11) is -3.87. The number of nitrogens with one attached hydrogen (secondary N) is 1. The van der Waals surface area contributed by atoms with E-state index < -0.39 is 28.3 Å². The quantitative estimate of drug-likeness (QED) is 0.481. The van der Waals surface area contributed by atoms with Gasteiger partial charge in [0.1, 0.15) is 0 Å². The van der Waals surface area contributed by atoms with E-state index in [1.54, 1.807) is 18.2 Å². The molecule has 4 atom stereocenters. The summed E-state index contributed by atoms with van der Waals surface area (Å²) < 4.78 is 40.5. The minimum Gasteiger partial charge on any atom is -0.389 e. The number of nitrogens with zero attached hydrogens (tertiary/aromatic N) is 1. The first-order valence-electron chi connectivity index (χ1n) is 13.2. The molecule has 2 heterocycles. The first kappa shape index (κ1) is 27.5. The van der Waals surface area contributed by atoms with Gasteiger partial charge in [-0.25, -0.2) is 8.42 Å². The lowest BCUT2D eigenvalue weighted by Crippen LogP contribution is -2.57. The second-order valence-corrected chi connectivity index (χ2v) is 12.1. The van der Waals surface area contributed by atoms with Crippen molar-refractivity contribution in [3.05, 3.63) is 84.4 Å². The van der Waals surface area contributed by atoms with Gasteiger partial charge in [-0.3, -0.25) is 4.79 Å². The Morgan fingerprint density at radius 2 is 1.72 bits per heavy atom. The maximum absolute atomic E-state index is 13.6. The normalized spacial score (nSPS) is 24.3. The van der Waals surface area contributed by atoms with E-state index in [4.69, 9.17) is 9.47 Å². The Morgan fingerprint density at radius 1 is 0.974 bits per heavy atom. The standard InChI is InChI=1S/C30H34N2O6S/c1-21-6-5-9-27(16-21)39(35,36)32-18-25(33)19-37-20-29-28(32)15-14-26(38-29)17-30(34)31-24-12-10-23(11-13-24)22-7-3-2-4-8-22/h2-13,16,25-26,28-29,33H,14-15,17-20H2,1H3,(H,31,34)/t25-,26+,28+,29-/m0/s1. The highest BCUT2D eigenvalue weighted by Gasteiger charge is 2.43. The van der Waals surface area contributed by atoms with Gasteiger partial charge in [0, 0.05) is 12.2 Å². The highest BCUT2D eigenvalue weighted by molar-refractivity contribution is 7.89. The minimum atomic E-state index is -3.87. The van der Waals surface area contributed by atoms with E-state index in [0.717, 1.165) is 16.7 Å². The summed E-state index contributed by atoms with van der Waals surface area (Å²) in [4.78, 5) is 13.0. The molecule has 0 spiro atoms. The number of ether oxygens (including phenoxy) is 2. The highest BCUT2D eigenvalue weighted by atomic mass is 32.2. The molecule has 206 valence electrons. The number of anilines is 1. The number of aryl methyl sites for hydroxylation is 1. The summed E-state index contributed by atoms with van der Waals surface area (Å²) in [5.41, 5.74) is 3.71. The molecule has 39 heavy (non-hydrogen) atoms. The van der Waals surface area contributed by atoms with Crippen LogP contribution >= 0.6 is 0 Å². The topological polar surface area (TPSA) is 105 Å². The van der Waals surface area contributed by atoms with E-state index in [1.165, 1.54) is 4.31 Å². The third-order valence-electron chi connectivity index (χ3n) is 7.22. The lowest BCUT2D eigenvalue weighted by molar-refractivity contribution is -0.144. The van der Waals surface area contributed by atoms with Crippen molar-refractivity contribution in [2.75, 3.05) is 25.1 Å². The SMILES string of the molecule is Cc1cccc(S(=O)(=O)N2C[C@H](O)COC[C@@H]3O[C@@H](CC(=O)Nc4ccc(-c5ccccc5)cc4)CC[C@H]32)c1. The predicted molar refractivity (Wildman–Crippen MR) is 149 cm³/mol. The van der Waals surface area contributed by atoms with Gasteiger partial charge in [0.15, 0.2) is 0 Å². The second-order valence-electron chi connectivity index (χ2n) is 10.2. The zero-order valence-corrected chi connectivity index (χ0v) is 22.7. The van der Waals surface area contributed by atoms with Gasteiger partial charge in [-0.05, 0) is 60.7 Å². The molecule has 2 aliphatic rings. The predicted octanol–water partition coefficient (Wildman–Crippen LogP) is 3.99. The summed E-state index contributed by atoms with van der Waals surface area (Å²) in [6.07, 6.45) is -0.702. The molecule has 0 aromatic heterocycles. The second kappa shape index (κ2) is 12.0. The van der Waals surface area contributed by atoms with Crippen molar-refractivity contribution in [2.45, 2.75) is 55.4 Å². The van der Waals surface area contributed by atoms with Gasteiger partial charge in [0.25, 0.3) is 0 Å². The molecule has 2 N–H and O–H groups in total. The zero-order chi connectivity index (χ0) is 27.4. The molecule has 2 saturated heterocycles. The first-order chi connectivity index (χ1) is 18.8. The molecular formula is C30H34N2O6S. The van der Waals surface area contributed by atoms with Crippen LogP contribution in [0.25, 0.3) is 11.1 Å². The van der Waals surface area contributed by atoms with Gasteiger partial charge in [0.05, 0.1) is 48.9 Å². The molecule has 0 unspecified atom stereocenters. The number of rotatable bonds is 6. The summed E-state index contributed by atoms with van der Waals surface area (Å²) in [5.74, 6) is -0.169. The molecule has 3 aromatic rings. The third-order valence-corrected chi connectivity index (χ3v) is 9.11. The number of β-amino-alcohol motifs (C(OH)–C–C–N with tert-alkyl or cyclic N) is 1. The average Bonchev–Trinajstić information content (AvgIpc) is 2.92. The van der Waals surface area contributed by atoms with E-state index >= 15 is 0 Å². The fourth-order valence-electron chi connectivity index (χ4n) is 5.28. The van der Waals surface area contributed by atoms with E-state index in [9.17, 15) is 18.3 Å². The molecule has 1 amide bonds. The average molecular weight is 551 g/mol. The number of benzene rings is 3. The van der Waals surface area contributed by atoms with Crippen LogP contribution in [0.4, 0.5) is 5.69 Å². The van der Waals surface area contributed by atoms with Crippen molar-refractivity contribution in [3.63, 3.8) is 0 Å². The Bertz CT molecular complexity index is 1380. The van der Waals surface area contributed by atoms with Gasteiger partial charge in [-0.15, -0.1) is 0 Å². The Labute approximate surface area is 229 Å². The van der Waals surface area contributed by atoms with Crippen molar-refractivity contribution >= 4 is 21.6 Å². The maximum atomic E-state index is 13.6. The lowest BCUT2D eigenvalue weighted by atomic mass is 9.96. The Hall–Kier alpha value is -3.08. The van der Waals surface area contributed by atoms with Crippen LogP contribution < -0.4 is 5.32 Å². The van der Waals surface area contributed by atoms with E-state index in [0.29, 0.717) is 18.5 Å².